The summed E-state index contributed by atoms with van der Waals surface area (Å²) in [6.45, 7) is 4.66. The van der Waals surface area contributed by atoms with Gasteiger partial charge in [0.1, 0.15) is 0 Å². The number of hydrogen-bond acceptors (Lipinski definition) is 2. The van der Waals surface area contributed by atoms with E-state index < -0.39 is 0 Å². The van der Waals surface area contributed by atoms with Gasteiger partial charge in [-0.15, -0.1) is 6.58 Å². The minimum absolute atomic E-state index is 0.235. The molecule has 11 heavy (non-hydrogen) atoms. The van der Waals surface area contributed by atoms with Crippen molar-refractivity contribution < 1.29 is 9.84 Å². The summed E-state index contributed by atoms with van der Waals surface area (Å²) in [7, 11) is 0. The molecule has 62 valence electrons. The van der Waals surface area contributed by atoms with Crippen LogP contribution in [-0.4, -0.2) is 18.3 Å². The van der Waals surface area contributed by atoms with Crippen molar-refractivity contribution in [2.24, 2.45) is 11.8 Å². The predicted octanol–water partition coefficient (Wildman–Crippen LogP) is 1.33. The van der Waals surface area contributed by atoms with E-state index in [-0.39, 0.29) is 6.61 Å². The van der Waals surface area contributed by atoms with Gasteiger partial charge in [0, 0.05) is 12.5 Å². The number of ether oxygens (including phenoxy) is 1. The normalized spacial score (nSPS) is 29.5. The minimum Gasteiger partial charge on any atom is -0.501 e. The number of aliphatic hydroxyl groups excluding tert-OH is 1. The average Bonchev–Trinajstić information content (AvgIpc) is 2.06. The quantitative estimate of drug-likeness (QED) is 0.621. The van der Waals surface area contributed by atoms with E-state index in [0.29, 0.717) is 18.4 Å². The molecule has 0 radical (unpaired) electrons. The Balaban J connectivity index is 2.49. The fourth-order valence-corrected chi connectivity index (χ4v) is 1.29. The molecule has 0 amide bonds. The lowest BCUT2D eigenvalue weighted by Crippen LogP contribution is -2.20. The lowest BCUT2D eigenvalue weighted by Gasteiger charge is -2.23. The number of aliphatic hydroxyl groups is 1. The summed E-state index contributed by atoms with van der Waals surface area (Å²) in [5.74, 6) is 0.776. The molecule has 0 unspecified atom stereocenters. The third kappa shape index (κ3) is 2.09. The molecule has 0 saturated heterocycles. The van der Waals surface area contributed by atoms with Crippen LogP contribution in [-0.2, 0) is 4.74 Å². The molecule has 2 nitrogen and oxygen atoms in total. The first-order valence-corrected chi connectivity index (χ1v) is 3.90. The standard InChI is InChI=1S/C9H14O2/c1-2-8-7-11-6-4-9(8)3-5-10/h2,4,6,8-10H,1,3,5,7H2/t8-,9+/m0/s1. The SMILES string of the molecule is C=C[C@H]1COC=C[C@H]1CCO. The molecule has 0 spiro atoms. The van der Waals surface area contributed by atoms with Gasteiger partial charge in [0.05, 0.1) is 12.9 Å². The minimum atomic E-state index is 0.235. The van der Waals surface area contributed by atoms with Gasteiger partial charge in [0.2, 0.25) is 0 Å². The second-order valence-electron chi connectivity index (χ2n) is 2.74. The Morgan fingerprint density at radius 3 is 3.18 bits per heavy atom. The van der Waals surface area contributed by atoms with E-state index in [1.54, 1.807) is 6.26 Å². The molecule has 0 aromatic rings. The topological polar surface area (TPSA) is 29.5 Å². The molecular formula is C9H14O2. The van der Waals surface area contributed by atoms with E-state index in [4.69, 9.17) is 9.84 Å². The Bertz CT molecular complexity index is 152. The predicted molar refractivity (Wildman–Crippen MR) is 44.0 cm³/mol. The van der Waals surface area contributed by atoms with Crippen molar-refractivity contribution in [2.45, 2.75) is 6.42 Å². The van der Waals surface area contributed by atoms with Gasteiger partial charge in [-0.2, -0.15) is 0 Å². The highest BCUT2D eigenvalue weighted by molar-refractivity contribution is 4.97. The van der Waals surface area contributed by atoms with Crippen LogP contribution in [0.4, 0.5) is 0 Å². The van der Waals surface area contributed by atoms with Gasteiger partial charge >= 0.3 is 0 Å². The van der Waals surface area contributed by atoms with Crippen molar-refractivity contribution in [3.05, 3.63) is 25.0 Å². The van der Waals surface area contributed by atoms with E-state index >= 15 is 0 Å². The Kier molecular flexibility index (Phi) is 3.17. The summed E-state index contributed by atoms with van der Waals surface area (Å²) in [4.78, 5) is 0. The number of rotatable bonds is 3. The molecule has 0 aliphatic carbocycles. The Morgan fingerprint density at radius 2 is 2.55 bits per heavy atom. The Morgan fingerprint density at radius 1 is 1.73 bits per heavy atom. The zero-order valence-corrected chi connectivity index (χ0v) is 6.57. The van der Waals surface area contributed by atoms with Crippen LogP contribution in [0.2, 0.25) is 0 Å². The van der Waals surface area contributed by atoms with Crippen LogP contribution in [0.25, 0.3) is 0 Å². The molecule has 1 heterocycles. The largest absolute Gasteiger partial charge is 0.501 e. The highest BCUT2D eigenvalue weighted by Gasteiger charge is 2.18. The molecule has 1 N–H and O–H groups in total. The molecule has 0 aromatic carbocycles. The fourth-order valence-electron chi connectivity index (χ4n) is 1.29. The van der Waals surface area contributed by atoms with Crippen LogP contribution in [0.1, 0.15) is 6.42 Å². The molecule has 2 heteroatoms. The molecule has 1 aliphatic rings. The van der Waals surface area contributed by atoms with E-state index in [1.807, 2.05) is 12.2 Å². The summed E-state index contributed by atoms with van der Waals surface area (Å²) in [5, 5.41) is 8.72. The van der Waals surface area contributed by atoms with Crippen LogP contribution < -0.4 is 0 Å². The highest BCUT2D eigenvalue weighted by Crippen LogP contribution is 2.22. The molecule has 2 atom stereocenters. The van der Waals surface area contributed by atoms with E-state index in [9.17, 15) is 0 Å². The molecule has 1 rings (SSSR count). The zero-order chi connectivity index (χ0) is 8.10. The third-order valence-corrected chi connectivity index (χ3v) is 2.03. The summed E-state index contributed by atoms with van der Waals surface area (Å²) in [6, 6.07) is 0. The summed E-state index contributed by atoms with van der Waals surface area (Å²) >= 11 is 0. The summed E-state index contributed by atoms with van der Waals surface area (Å²) in [5.41, 5.74) is 0. The second-order valence-corrected chi connectivity index (χ2v) is 2.74. The van der Waals surface area contributed by atoms with Crippen molar-refractivity contribution in [3.63, 3.8) is 0 Å². The van der Waals surface area contributed by atoms with Crippen molar-refractivity contribution >= 4 is 0 Å². The second kappa shape index (κ2) is 4.19. The van der Waals surface area contributed by atoms with E-state index in [2.05, 4.69) is 6.58 Å². The molecule has 0 aromatic heterocycles. The molecule has 0 saturated carbocycles. The third-order valence-electron chi connectivity index (χ3n) is 2.03. The van der Waals surface area contributed by atoms with Crippen LogP contribution in [0.3, 0.4) is 0 Å². The first-order chi connectivity index (χ1) is 5.38. The first kappa shape index (κ1) is 8.34. The fraction of sp³-hybridized carbons (Fsp3) is 0.556. The Hall–Kier alpha value is -0.760. The van der Waals surface area contributed by atoms with E-state index in [0.717, 1.165) is 6.42 Å². The van der Waals surface area contributed by atoms with Gasteiger partial charge in [-0.1, -0.05) is 6.08 Å². The van der Waals surface area contributed by atoms with Gasteiger partial charge in [-0.25, -0.2) is 0 Å². The molecule has 0 fully saturated rings. The van der Waals surface area contributed by atoms with Crippen molar-refractivity contribution in [3.8, 4) is 0 Å². The molecular weight excluding hydrogens is 140 g/mol. The molecule has 1 aliphatic heterocycles. The van der Waals surface area contributed by atoms with Crippen LogP contribution in [0, 0.1) is 11.8 Å². The maximum atomic E-state index is 8.72. The number of allylic oxidation sites excluding steroid dienone is 1. The first-order valence-electron chi connectivity index (χ1n) is 3.90. The van der Waals surface area contributed by atoms with Crippen LogP contribution >= 0.6 is 0 Å². The highest BCUT2D eigenvalue weighted by atomic mass is 16.5. The lowest BCUT2D eigenvalue weighted by atomic mass is 9.89. The van der Waals surface area contributed by atoms with Crippen LogP contribution in [0.5, 0.6) is 0 Å². The van der Waals surface area contributed by atoms with Gasteiger partial charge in [0.25, 0.3) is 0 Å². The van der Waals surface area contributed by atoms with Gasteiger partial charge in [0.15, 0.2) is 0 Å². The van der Waals surface area contributed by atoms with Gasteiger partial charge < -0.3 is 9.84 Å². The maximum Gasteiger partial charge on any atom is 0.0941 e. The van der Waals surface area contributed by atoms with E-state index in [1.165, 1.54) is 0 Å². The lowest BCUT2D eigenvalue weighted by molar-refractivity contribution is 0.152. The Labute approximate surface area is 67.2 Å². The van der Waals surface area contributed by atoms with Crippen molar-refractivity contribution in [2.75, 3.05) is 13.2 Å². The van der Waals surface area contributed by atoms with Crippen molar-refractivity contribution in [1.29, 1.82) is 0 Å². The number of hydrogen-bond donors (Lipinski definition) is 1. The van der Waals surface area contributed by atoms with Gasteiger partial charge in [-0.05, 0) is 18.4 Å². The van der Waals surface area contributed by atoms with Crippen LogP contribution in [0.15, 0.2) is 25.0 Å². The average molecular weight is 154 g/mol. The summed E-state index contributed by atoms with van der Waals surface area (Å²) < 4.78 is 5.12. The van der Waals surface area contributed by atoms with Gasteiger partial charge in [-0.3, -0.25) is 0 Å². The smallest absolute Gasteiger partial charge is 0.0941 e. The summed E-state index contributed by atoms with van der Waals surface area (Å²) in [6.07, 6.45) is 6.40. The maximum absolute atomic E-state index is 8.72. The monoisotopic (exact) mass is 154 g/mol. The van der Waals surface area contributed by atoms with Crippen molar-refractivity contribution in [1.82, 2.24) is 0 Å². The molecule has 0 bridgehead atoms. The zero-order valence-electron chi connectivity index (χ0n) is 6.57.